The Kier molecular flexibility index (Phi) is 4.69. The molecule has 4 aromatic rings. The minimum absolute atomic E-state index is 0.109. The molecular formula is C23H24N6O2. The predicted molar refractivity (Wildman–Crippen MR) is 117 cm³/mol. The number of hydrogen-bond acceptors (Lipinski definition) is 4. The van der Waals surface area contributed by atoms with Crippen molar-refractivity contribution in [2.24, 2.45) is 5.92 Å². The topological polar surface area (TPSA) is 88.8 Å². The summed E-state index contributed by atoms with van der Waals surface area (Å²) in [5, 5.41) is 10.0. The molecule has 5 rings (SSSR count). The molecule has 0 atom stereocenters. The number of aromatic amines is 1. The molecule has 158 valence electrons. The van der Waals surface area contributed by atoms with E-state index < -0.39 is 0 Å². The van der Waals surface area contributed by atoms with Crippen LogP contribution in [0.1, 0.15) is 17.0 Å². The van der Waals surface area contributed by atoms with Gasteiger partial charge in [-0.05, 0) is 37.6 Å². The third-order valence-corrected chi connectivity index (χ3v) is 5.84. The van der Waals surface area contributed by atoms with E-state index in [1.165, 1.54) is 10.7 Å². The van der Waals surface area contributed by atoms with E-state index in [1.54, 1.807) is 10.7 Å². The van der Waals surface area contributed by atoms with Crippen LogP contribution in [0.4, 0.5) is 0 Å². The van der Waals surface area contributed by atoms with E-state index in [0.717, 1.165) is 27.9 Å². The van der Waals surface area contributed by atoms with Crippen LogP contribution in [-0.2, 0) is 17.8 Å². The lowest BCUT2D eigenvalue weighted by Gasteiger charge is -2.39. The van der Waals surface area contributed by atoms with Crippen molar-refractivity contribution >= 4 is 16.8 Å². The van der Waals surface area contributed by atoms with Crippen molar-refractivity contribution in [1.29, 1.82) is 0 Å². The van der Waals surface area contributed by atoms with E-state index in [1.807, 2.05) is 55.3 Å². The zero-order valence-electron chi connectivity index (χ0n) is 17.6. The van der Waals surface area contributed by atoms with Crippen molar-refractivity contribution in [1.82, 2.24) is 29.4 Å². The van der Waals surface area contributed by atoms with Gasteiger partial charge in [-0.1, -0.05) is 18.2 Å². The molecule has 1 N–H and O–H groups in total. The average molecular weight is 416 g/mol. The predicted octanol–water partition coefficient (Wildman–Crippen LogP) is 2.23. The summed E-state index contributed by atoms with van der Waals surface area (Å²) in [7, 11) is 0. The highest BCUT2D eigenvalue weighted by Crippen LogP contribution is 2.22. The number of benzene rings is 1. The molecule has 31 heavy (non-hydrogen) atoms. The summed E-state index contributed by atoms with van der Waals surface area (Å²) in [6.45, 7) is 5.65. The highest BCUT2D eigenvalue weighted by atomic mass is 16.2. The summed E-state index contributed by atoms with van der Waals surface area (Å²) in [4.78, 5) is 30.1. The Hall–Kier alpha value is -3.68. The molecule has 0 aliphatic carbocycles. The molecule has 0 saturated carbocycles. The van der Waals surface area contributed by atoms with Crippen molar-refractivity contribution in [3.8, 4) is 5.82 Å². The first kappa shape index (κ1) is 19.3. The molecule has 1 fully saturated rings. The fourth-order valence-corrected chi connectivity index (χ4v) is 4.23. The lowest BCUT2D eigenvalue weighted by Crippen LogP contribution is -2.52. The van der Waals surface area contributed by atoms with Gasteiger partial charge in [0.15, 0.2) is 5.82 Å². The van der Waals surface area contributed by atoms with E-state index in [-0.39, 0.29) is 17.4 Å². The summed E-state index contributed by atoms with van der Waals surface area (Å²) in [5.41, 5.74) is 3.78. The van der Waals surface area contributed by atoms with Crippen molar-refractivity contribution in [2.45, 2.75) is 26.8 Å². The molecule has 1 aliphatic heterocycles. The van der Waals surface area contributed by atoms with Crippen LogP contribution in [0.5, 0.6) is 0 Å². The number of nitrogens with zero attached hydrogens (tertiary/aromatic N) is 5. The van der Waals surface area contributed by atoms with Crippen LogP contribution < -0.4 is 5.56 Å². The van der Waals surface area contributed by atoms with Crippen molar-refractivity contribution in [3.05, 3.63) is 76.0 Å². The largest absolute Gasteiger partial charge is 0.361 e. The van der Waals surface area contributed by atoms with Gasteiger partial charge in [0.2, 0.25) is 5.91 Å². The van der Waals surface area contributed by atoms with Crippen LogP contribution in [-0.4, -0.2) is 48.4 Å². The number of carbonyl (C=O) groups is 1. The zero-order valence-corrected chi connectivity index (χ0v) is 17.6. The molecule has 0 spiro atoms. The number of carbonyl (C=O) groups excluding carboxylic acids is 1. The standard InChI is InChI=1S/C23H24N6O2/c1-15-9-16(2)29(25-15)21-7-8-22(30)28(26-21)14-17-12-27(13-17)23(31)10-18-11-24-20-6-4-3-5-19(18)20/h3-9,11,17,24H,10,12-14H2,1-2H3. The molecule has 1 saturated heterocycles. The number of rotatable bonds is 5. The Balaban J connectivity index is 1.23. The van der Waals surface area contributed by atoms with Gasteiger partial charge in [-0.2, -0.15) is 5.10 Å². The summed E-state index contributed by atoms with van der Waals surface area (Å²) in [6, 6.07) is 13.2. The highest BCUT2D eigenvalue weighted by molar-refractivity contribution is 5.89. The maximum absolute atomic E-state index is 12.7. The number of aryl methyl sites for hydroxylation is 2. The van der Waals surface area contributed by atoms with E-state index in [0.29, 0.717) is 31.9 Å². The van der Waals surface area contributed by atoms with Crippen LogP contribution in [0, 0.1) is 19.8 Å². The second-order valence-corrected chi connectivity index (χ2v) is 8.25. The first-order valence-electron chi connectivity index (χ1n) is 10.4. The van der Waals surface area contributed by atoms with Crippen LogP contribution in [0.2, 0.25) is 0 Å². The quantitative estimate of drug-likeness (QED) is 0.540. The lowest BCUT2D eigenvalue weighted by atomic mass is 9.98. The normalized spacial score (nSPS) is 14.2. The maximum Gasteiger partial charge on any atom is 0.266 e. The van der Waals surface area contributed by atoms with Gasteiger partial charge >= 0.3 is 0 Å². The summed E-state index contributed by atoms with van der Waals surface area (Å²) >= 11 is 0. The number of nitrogens with one attached hydrogen (secondary N) is 1. The van der Waals surface area contributed by atoms with Crippen LogP contribution in [0.25, 0.3) is 16.7 Å². The van der Waals surface area contributed by atoms with Gasteiger partial charge in [-0.25, -0.2) is 9.36 Å². The number of aromatic nitrogens is 5. The summed E-state index contributed by atoms with van der Waals surface area (Å²) in [5.74, 6) is 0.947. The highest BCUT2D eigenvalue weighted by Gasteiger charge is 2.31. The summed E-state index contributed by atoms with van der Waals surface area (Å²) in [6.07, 6.45) is 2.29. The molecule has 4 heterocycles. The smallest absolute Gasteiger partial charge is 0.266 e. The monoisotopic (exact) mass is 416 g/mol. The number of fused-ring (bicyclic) bond motifs is 1. The number of likely N-dealkylation sites (tertiary alicyclic amines) is 1. The number of para-hydroxylation sites is 1. The van der Waals surface area contributed by atoms with Gasteiger partial charge < -0.3 is 9.88 Å². The molecule has 0 unspecified atom stereocenters. The van der Waals surface area contributed by atoms with Crippen LogP contribution >= 0.6 is 0 Å². The van der Waals surface area contributed by atoms with Crippen molar-refractivity contribution in [3.63, 3.8) is 0 Å². The molecular weight excluding hydrogens is 392 g/mol. The summed E-state index contributed by atoms with van der Waals surface area (Å²) < 4.78 is 3.22. The first-order valence-corrected chi connectivity index (χ1v) is 10.4. The Morgan fingerprint density at radius 2 is 1.94 bits per heavy atom. The van der Waals surface area contributed by atoms with Gasteiger partial charge in [-0.3, -0.25) is 9.59 Å². The molecule has 3 aromatic heterocycles. The van der Waals surface area contributed by atoms with E-state index in [4.69, 9.17) is 0 Å². The van der Waals surface area contributed by atoms with E-state index in [9.17, 15) is 9.59 Å². The third-order valence-electron chi connectivity index (χ3n) is 5.84. The average Bonchev–Trinajstić information content (AvgIpc) is 3.28. The minimum atomic E-state index is -0.145. The lowest BCUT2D eigenvalue weighted by molar-refractivity contribution is -0.137. The SMILES string of the molecule is Cc1cc(C)n(-c2ccc(=O)n(CC3CN(C(=O)Cc4c[nH]c5ccccc45)C3)n2)n1. The van der Waals surface area contributed by atoms with Crippen LogP contribution in [0.3, 0.4) is 0 Å². The van der Waals surface area contributed by atoms with Gasteiger partial charge in [0.05, 0.1) is 18.7 Å². The Labute approximate surface area is 179 Å². The van der Waals surface area contributed by atoms with E-state index >= 15 is 0 Å². The molecule has 0 radical (unpaired) electrons. The zero-order chi connectivity index (χ0) is 21.5. The van der Waals surface area contributed by atoms with Crippen LogP contribution in [0.15, 0.2) is 53.5 Å². The van der Waals surface area contributed by atoms with Crippen molar-refractivity contribution in [2.75, 3.05) is 13.1 Å². The van der Waals surface area contributed by atoms with Gasteiger partial charge in [0, 0.05) is 47.9 Å². The van der Waals surface area contributed by atoms with Gasteiger partial charge in [0.1, 0.15) is 0 Å². The Morgan fingerprint density at radius 1 is 1.13 bits per heavy atom. The molecule has 0 bridgehead atoms. The van der Waals surface area contributed by atoms with E-state index in [2.05, 4.69) is 15.2 Å². The second-order valence-electron chi connectivity index (χ2n) is 8.25. The molecule has 1 aliphatic rings. The van der Waals surface area contributed by atoms with Gasteiger partial charge in [0.25, 0.3) is 5.56 Å². The molecule has 1 aromatic carbocycles. The minimum Gasteiger partial charge on any atom is -0.361 e. The van der Waals surface area contributed by atoms with Gasteiger partial charge in [-0.15, -0.1) is 5.10 Å². The molecule has 1 amide bonds. The molecule has 8 nitrogen and oxygen atoms in total. The maximum atomic E-state index is 12.7. The fourth-order valence-electron chi connectivity index (χ4n) is 4.23. The Bertz CT molecular complexity index is 1330. The van der Waals surface area contributed by atoms with Crippen molar-refractivity contribution < 1.29 is 4.79 Å². The number of hydrogen-bond donors (Lipinski definition) is 1. The first-order chi connectivity index (χ1) is 15.0. The number of amides is 1. The second kappa shape index (κ2) is 7.54. The Morgan fingerprint density at radius 3 is 2.71 bits per heavy atom. The fraction of sp³-hybridized carbons (Fsp3) is 0.304. The number of H-pyrrole nitrogens is 1. The molecule has 8 heteroatoms. The third kappa shape index (κ3) is 3.65.